The number of H-pyrrole nitrogens is 1. The van der Waals surface area contributed by atoms with E-state index >= 15 is 0 Å². The van der Waals surface area contributed by atoms with Crippen LogP contribution in [0.1, 0.15) is 5.56 Å². The van der Waals surface area contributed by atoms with Crippen LogP contribution in [0.15, 0.2) is 39.7 Å². The predicted molar refractivity (Wildman–Crippen MR) is 58.8 cm³/mol. The molecule has 1 N–H and O–H groups in total. The number of hydrogen-bond acceptors (Lipinski definition) is 1. The summed E-state index contributed by atoms with van der Waals surface area (Å²) >= 11 is 3.16. The zero-order valence-corrected chi connectivity index (χ0v) is 9.21. The number of halogens is 1. The maximum Gasteiger partial charge on any atom is 0.278 e. The second-order valence-electron chi connectivity index (χ2n) is 3.12. The number of benzene rings is 1. The molecule has 1 aromatic carbocycles. The predicted octanol–water partition coefficient (Wildman–Crippen LogP) is 2.24. The van der Waals surface area contributed by atoms with Gasteiger partial charge in [0.15, 0.2) is 0 Å². The Bertz CT molecular complexity index is 496. The highest BCUT2D eigenvalue weighted by molar-refractivity contribution is 9.10. The molecule has 0 saturated carbocycles. The summed E-state index contributed by atoms with van der Waals surface area (Å²) in [7, 11) is 0. The van der Waals surface area contributed by atoms with Crippen LogP contribution in [-0.2, 0) is 0 Å². The first-order valence-corrected chi connectivity index (χ1v) is 5.00. The Morgan fingerprint density at radius 2 is 1.93 bits per heavy atom. The van der Waals surface area contributed by atoms with Gasteiger partial charge in [-0.1, -0.05) is 17.7 Å². The third-order valence-corrected chi connectivity index (χ3v) is 2.56. The van der Waals surface area contributed by atoms with Gasteiger partial charge in [-0.15, -0.1) is 0 Å². The molecular formula is C10H9BrN2O. The summed E-state index contributed by atoms with van der Waals surface area (Å²) in [5.74, 6) is 0. The van der Waals surface area contributed by atoms with E-state index in [2.05, 4.69) is 21.0 Å². The number of aryl methyl sites for hydroxylation is 1. The highest BCUT2D eigenvalue weighted by Gasteiger charge is 2.01. The van der Waals surface area contributed by atoms with Crippen LogP contribution in [-0.4, -0.2) is 9.78 Å². The lowest BCUT2D eigenvalue weighted by Crippen LogP contribution is -2.03. The molecule has 3 nitrogen and oxygen atoms in total. The Hall–Kier alpha value is -1.29. The molecule has 0 amide bonds. The molecule has 0 atom stereocenters. The van der Waals surface area contributed by atoms with Crippen molar-refractivity contribution < 1.29 is 0 Å². The zero-order valence-electron chi connectivity index (χ0n) is 7.62. The van der Waals surface area contributed by atoms with Crippen LogP contribution in [0, 0.1) is 6.92 Å². The summed E-state index contributed by atoms with van der Waals surface area (Å²) in [6.45, 7) is 2.03. The van der Waals surface area contributed by atoms with Gasteiger partial charge in [-0.2, -0.15) is 0 Å². The van der Waals surface area contributed by atoms with Crippen LogP contribution in [0.4, 0.5) is 0 Å². The molecule has 1 aromatic heterocycles. The summed E-state index contributed by atoms with van der Waals surface area (Å²) in [5, 5.41) is 2.69. The monoisotopic (exact) mass is 252 g/mol. The molecule has 0 unspecified atom stereocenters. The first kappa shape index (κ1) is 9.27. The van der Waals surface area contributed by atoms with E-state index in [4.69, 9.17) is 0 Å². The number of nitrogens with zero attached hydrogens (tertiary/aromatic N) is 1. The molecule has 0 aliphatic carbocycles. The van der Waals surface area contributed by atoms with Crippen molar-refractivity contribution in [2.75, 3.05) is 0 Å². The van der Waals surface area contributed by atoms with Gasteiger partial charge in [0.2, 0.25) is 0 Å². The van der Waals surface area contributed by atoms with Crippen molar-refractivity contribution in [3.63, 3.8) is 0 Å². The number of hydrogen-bond donors (Lipinski definition) is 1. The lowest BCUT2D eigenvalue weighted by atomic mass is 10.2. The molecule has 0 aliphatic heterocycles. The van der Waals surface area contributed by atoms with Crippen LogP contribution in [0.3, 0.4) is 0 Å². The van der Waals surface area contributed by atoms with E-state index in [1.54, 1.807) is 10.9 Å². The summed E-state index contributed by atoms with van der Waals surface area (Å²) in [5.41, 5.74) is 2.02. The lowest BCUT2D eigenvalue weighted by Gasteiger charge is -2.01. The molecule has 72 valence electrons. The SMILES string of the molecule is Cc1ccc(-n2cc(Br)c(=O)[nH]2)cc1. The molecule has 2 aromatic rings. The fraction of sp³-hybridized carbons (Fsp3) is 0.100. The van der Waals surface area contributed by atoms with Crippen LogP contribution in [0.5, 0.6) is 0 Å². The van der Waals surface area contributed by atoms with Crippen molar-refractivity contribution in [2.45, 2.75) is 6.92 Å². The van der Waals surface area contributed by atoms with Crippen molar-refractivity contribution in [3.05, 3.63) is 50.9 Å². The van der Waals surface area contributed by atoms with Crippen molar-refractivity contribution in [2.24, 2.45) is 0 Å². The molecular weight excluding hydrogens is 244 g/mol. The van der Waals surface area contributed by atoms with Crippen molar-refractivity contribution in [1.29, 1.82) is 0 Å². The number of aromatic amines is 1. The van der Waals surface area contributed by atoms with Gasteiger partial charge < -0.3 is 0 Å². The Kier molecular flexibility index (Phi) is 2.29. The molecule has 1 heterocycles. The van der Waals surface area contributed by atoms with Crippen molar-refractivity contribution in [1.82, 2.24) is 9.78 Å². The van der Waals surface area contributed by atoms with Gasteiger partial charge in [0.1, 0.15) is 4.47 Å². The van der Waals surface area contributed by atoms with E-state index in [0.717, 1.165) is 5.69 Å². The van der Waals surface area contributed by atoms with Gasteiger partial charge in [0.05, 0.1) is 5.69 Å². The topological polar surface area (TPSA) is 37.8 Å². The van der Waals surface area contributed by atoms with Crippen LogP contribution < -0.4 is 5.56 Å². The molecule has 0 fully saturated rings. The number of nitrogens with one attached hydrogen (secondary N) is 1. The van der Waals surface area contributed by atoms with E-state index in [1.165, 1.54) is 5.56 Å². The van der Waals surface area contributed by atoms with E-state index in [0.29, 0.717) is 4.47 Å². The minimum absolute atomic E-state index is 0.120. The molecule has 0 bridgehead atoms. The Morgan fingerprint density at radius 1 is 1.29 bits per heavy atom. The Balaban J connectivity index is 2.49. The van der Waals surface area contributed by atoms with Crippen LogP contribution in [0.2, 0.25) is 0 Å². The third-order valence-electron chi connectivity index (χ3n) is 1.99. The van der Waals surface area contributed by atoms with Crippen molar-refractivity contribution >= 4 is 15.9 Å². The van der Waals surface area contributed by atoms with Crippen LogP contribution >= 0.6 is 15.9 Å². The minimum Gasteiger partial charge on any atom is -0.267 e. The summed E-state index contributed by atoms with van der Waals surface area (Å²) in [4.78, 5) is 11.2. The maximum absolute atomic E-state index is 11.2. The summed E-state index contributed by atoms with van der Waals surface area (Å²) in [6.07, 6.45) is 1.72. The van der Waals surface area contributed by atoms with E-state index in [-0.39, 0.29) is 5.56 Å². The van der Waals surface area contributed by atoms with Gasteiger partial charge in [0, 0.05) is 6.20 Å². The maximum atomic E-state index is 11.2. The van der Waals surface area contributed by atoms with Gasteiger partial charge in [-0.3, -0.25) is 14.6 Å². The van der Waals surface area contributed by atoms with Gasteiger partial charge in [-0.25, -0.2) is 0 Å². The second-order valence-corrected chi connectivity index (χ2v) is 3.98. The molecule has 0 spiro atoms. The first-order valence-electron chi connectivity index (χ1n) is 4.21. The smallest absolute Gasteiger partial charge is 0.267 e. The average molecular weight is 253 g/mol. The fourth-order valence-corrected chi connectivity index (χ4v) is 1.50. The Labute approximate surface area is 89.5 Å². The van der Waals surface area contributed by atoms with E-state index in [1.807, 2.05) is 31.2 Å². The van der Waals surface area contributed by atoms with Gasteiger partial charge in [-0.05, 0) is 35.0 Å². The second kappa shape index (κ2) is 3.46. The standard InChI is InChI=1S/C10H9BrN2O/c1-7-2-4-8(5-3-7)13-6-9(11)10(14)12-13/h2-6H,1H3,(H,12,14). The molecule has 14 heavy (non-hydrogen) atoms. The summed E-state index contributed by atoms with van der Waals surface area (Å²) in [6, 6.07) is 7.92. The van der Waals surface area contributed by atoms with Gasteiger partial charge >= 0.3 is 0 Å². The van der Waals surface area contributed by atoms with Gasteiger partial charge in [0.25, 0.3) is 5.56 Å². The minimum atomic E-state index is -0.120. The average Bonchev–Trinajstić information content (AvgIpc) is 2.48. The molecule has 0 saturated heterocycles. The fourth-order valence-electron chi connectivity index (χ4n) is 1.21. The Morgan fingerprint density at radius 3 is 2.43 bits per heavy atom. The molecule has 0 aliphatic rings. The first-order chi connectivity index (χ1) is 6.66. The third kappa shape index (κ3) is 1.65. The molecule has 4 heteroatoms. The summed E-state index contributed by atoms with van der Waals surface area (Å²) < 4.78 is 2.23. The van der Waals surface area contributed by atoms with E-state index < -0.39 is 0 Å². The van der Waals surface area contributed by atoms with Crippen molar-refractivity contribution in [3.8, 4) is 5.69 Å². The molecule has 0 radical (unpaired) electrons. The number of aromatic nitrogens is 2. The highest BCUT2D eigenvalue weighted by atomic mass is 79.9. The van der Waals surface area contributed by atoms with Crippen LogP contribution in [0.25, 0.3) is 5.69 Å². The zero-order chi connectivity index (χ0) is 10.1. The molecule has 2 rings (SSSR count). The van der Waals surface area contributed by atoms with E-state index in [9.17, 15) is 4.79 Å². The highest BCUT2D eigenvalue weighted by Crippen LogP contribution is 2.09. The normalized spacial score (nSPS) is 10.4. The quantitative estimate of drug-likeness (QED) is 0.831. The lowest BCUT2D eigenvalue weighted by molar-refractivity contribution is 0.863. The number of rotatable bonds is 1. The largest absolute Gasteiger partial charge is 0.278 e.